The van der Waals surface area contributed by atoms with Crippen LogP contribution in [0.3, 0.4) is 0 Å². The van der Waals surface area contributed by atoms with Crippen molar-refractivity contribution >= 4 is 16.1 Å². The molecule has 3 aromatic rings. The molecule has 0 bridgehead atoms. The van der Waals surface area contributed by atoms with Crippen molar-refractivity contribution in [2.75, 3.05) is 7.11 Å². The molecule has 0 fully saturated rings. The smallest absolute Gasteiger partial charge is 0.435 e. The summed E-state index contributed by atoms with van der Waals surface area (Å²) in [5.74, 6) is 0.566. The van der Waals surface area contributed by atoms with Crippen molar-refractivity contribution in [3.05, 3.63) is 65.9 Å². The second-order valence-corrected chi connectivity index (χ2v) is 7.88. The fourth-order valence-electron chi connectivity index (χ4n) is 2.90. The second-order valence-electron chi connectivity index (χ2n) is 6.32. The Morgan fingerprint density at radius 1 is 1.10 bits per heavy atom. The number of primary sulfonamides is 1. The fourth-order valence-corrected chi connectivity index (χ4v) is 3.42. The van der Waals surface area contributed by atoms with Crippen LogP contribution >= 0.6 is 0 Å². The Morgan fingerprint density at radius 3 is 2.30 bits per heavy atom. The topological polar surface area (TPSA) is 87.2 Å². The zero-order valence-corrected chi connectivity index (χ0v) is 16.8. The lowest BCUT2D eigenvalue weighted by molar-refractivity contribution is -0.141. The summed E-state index contributed by atoms with van der Waals surface area (Å²) in [4.78, 5) is -0.157. The Hall–Kier alpha value is -3.11. The van der Waals surface area contributed by atoms with Gasteiger partial charge in [0.05, 0.1) is 23.4 Å². The third-order valence-electron chi connectivity index (χ3n) is 4.28. The molecule has 6 nitrogen and oxygen atoms in total. The summed E-state index contributed by atoms with van der Waals surface area (Å²) in [6.45, 7) is 1.81. The van der Waals surface area contributed by atoms with Crippen LogP contribution in [-0.4, -0.2) is 25.3 Å². The number of hydrogen-bond acceptors (Lipinski definition) is 4. The first-order chi connectivity index (χ1) is 14.0. The van der Waals surface area contributed by atoms with E-state index in [4.69, 9.17) is 9.88 Å². The number of methoxy groups -OCH3 is 1. The van der Waals surface area contributed by atoms with E-state index in [2.05, 4.69) is 5.10 Å². The largest absolute Gasteiger partial charge is 0.496 e. The SMILES string of the molecule is CC=Cc1cc(-c2cc(C(F)(F)F)nn2-c2ccc(S(N)(=O)=O)cc2)ccc1OC. The van der Waals surface area contributed by atoms with Crippen LogP contribution in [-0.2, 0) is 16.2 Å². The number of allylic oxidation sites excluding steroid dienone is 1. The standard InChI is InChI=1S/C20H18F3N3O3S/c1-3-4-14-11-13(5-10-18(14)29-2)17-12-19(20(21,22)23)25-26(17)15-6-8-16(9-7-15)30(24,27)28/h3-12H,1-2H3,(H2,24,27,28). The van der Waals surface area contributed by atoms with Crippen LogP contribution in [0.2, 0.25) is 0 Å². The summed E-state index contributed by atoms with van der Waals surface area (Å²) in [6.07, 6.45) is -1.10. The normalized spacial score (nSPS) is 12.5. The van der Waals surface area contributed by atoms with Crippen molar-refractivity contribution in [1.82, 2.24) is 9.78 Å². The van der Waals surface area contributed by atoms with Gasteiger partial charge in [-0.05, 0) is 55.5 Å². The maximum absolute atomic E-state index is 13.3. The molecule has 158 valence electrons. The first-order valence-electron chi connectivity index (χ1n) is 8.66. The van der Waals surface area contributed by atoms with Gasteiger partial charge in [-0.15, -0.1) is 0 Å². The number of sulfonamides is 1. The van der Waals surface area contributed by atoms with Crippen molar-refractivity contribution in [1.29, 1.82) is 0 Å². The summed E-state index contributed by atoms with van der Waals surface area (Å²) >= 11 is 0. The maximum atomic E-state index is 13.3. The van der Waals surface area contributed by atoms with Gasteiger partial charge in [-0.2, -0.15) is 18.3 Å². The fraction of sp³-hybridized carbons (Fsp3) is 0.150. The van der Waals surface area contributed by atoms with Crippen molar-refractivity contribution in [3.63, 3.8) is 0 Å². The Bertz CT molecular complexity index is 1200. The Morgan fingerprint density at radius 2 is 1.77 bits per heavy atom. The first kappa shape index (κ1) is 21.6. The quantitative estimate of drug-likeness (QED) is 0.647. The first-order valence-corrected chi connectivity index (χ1v) is 10.2. The summed E-state index contributed by atoms with van der Waals surface area (Å²) in [5.41, 5.74) is 0.512. The molecule has 0 aliphatic carbocycles. The van der Waals surface area contributed by atoms with E-state index in [0.717, 1.165) is 10.7 Å². The van der Waals surface area contributed by atoms with Crippen LogP contribution in [0, 0.1) is 0 Å². The summed E-state index contributed by atoms with van der Waals surface area (Å²) in [6, 6.07) is 11.0. The zero-order valence-electron chi connectivity index (χ0n) is 16.0. The van der Waals surface area contributed by atoms with Gasteiger partial charge in [-0.1, -0.05) is 12.2 Å². The van der Waals surface area contributed by atoms with Gasteiger partial charge >= 0.3 is 6.18 Å². The van der Waals surface area contributed by atoms with Crippen molar-refractivity contribution < 1.29 is 26.3 Å². The number of nitrogens with two attached hydrogens (primary N) is 1. The van der Waals surface area contributed by atoms with Gasteiger partial charge in [0, 0.05) is 11.1 Å². The van der Waals surface area contributed by atoms with E-state index in [1.807, 2.05) is 6.92 Å². The van der Waals surface area contributed by atoms with Gasteiger partial charge in [-0.25, -0.2) is 18.2 Å². The molecule has 1 aromatic heterocycles. The highest BCUT2D eigenvalue weighted by molar-refractivity contribution is 7.89. The lowest BCUT2D eigenvalue weighted by atomic mass is 10.1. The molecule has 10 heteroatoms. The molecule has 0 unspecified atom stereocenters. The minimum absolute atomic E-state index is 0.157. The molecule has 0 amide bonds. The van der Waals surface area contributed by atoms with E-state index in [9.17, 15) is 21.6 Å². The monoisotopic (exact) mass is 437 g/mol. The zero-order chi connectivity index (χ0) is 22.1. The van der Waals surface area contributed by atoms with E-state index < -0.39 is 21.9 Å². The summed E-state index contributed by atoms with van der Waals surface area (Å²) < 4.78 is 69.3. The lowest BCUT2D eigenvalue weighted by Gasteiger charge is -2.11. The molecule has 3 rings (SSSR count). The van der Waals surface area contributed by atoms with Gasteiger partial charge in [0.25, 0.3) is 0 Å². The molecule has 0 aliphatic rings. The van der Waals surface area contributed by atoms with Crippen LogP contribution in [0.5, 0.6) is 5.75 Å². The molecule has 0 aliphatic heterocycles. The summed E-state index contributed by atoms with van der Waals surface area (Å²) in [7, 11) is -2.43. The maximum Gasteiger partial charge on any atom is 0.435 e. The number of hydrogen-bond donors (Lipinski definition) is 1. The van der Waals surface area contributed by atoms with E-state index in [-0.39, 0.29) is 16.3 Å². The number of aromatic nitrogens is 2. The molecule has 0 spiro atoms. The molecule has 2 aromatic carbocycles. The van der Waals surface area contributed by atoms with Crippen molar-refractivity contribution in [2.24, 2.45) is 5.14 Å². The van der Waals surface area contributed by atoms with Crippen molar-refractivity contribution in [3.8, 4) is 22.7 Å². The lowest BCUT2D eigenvalue weighted by Crippen LogP contribution is -2.12. The number of ether oxygens (including phenoxy) is 1. The van der Waals surface area contributed by atoms with Gasteiger partial charge in [0.15, 0.2) is 5.69 Å². The van der Waals surface area contributed by atoms with Crippen LogP contribution in [0.1, 0.15) is 18.2 Å². The molecular formula is C20H18F3N3O3S. The second kappa shape index (κ2) is 7.96. The number of nitrogens with zero attached hydrogens (tertiary/aromatic N) is 2. The van der Waals surface area contributed by atoms with Gasteiger partial charge in [-0.3, -0.25) is 0 Å². The Labute approximate surface area is 171 Å². The molecule has 2 N–H and O–H groups in total. The van der Waals surface area contributed by atoms with Crippen LogP contribution in [0.15, 0.2) is 59.5 Å². The number of halogens is 3. The van der Waals surface area contributed by atoms with Gasteiger partial charge in [0.2, 0.25) is 10.0 Å². The number of benzene rings is 2. The predicted molar refractivity (Wildman–Crippen MR) is 107 cm³/mol. The third-order valence-corrected chi connectivity index (χ3v) is 5.21. The Kier molecular flexibility index (Phi) is 5.73. The van der Waals surface area contributed by atoms with E-state index >= 15 is 0 Å². The van der Waals surface area contributed by atoms with E-state index in [1.54, 1.807) is 30.4 Å². The molecule has 0 atom stereocenters. The van der Waals surface area contributed by atoms with Crippen molar-refractivity contribution in [2.45, 2.75) is 18.0 Å². The molecule has 1 heterocycles. The van der Waals surface area contributed by atoms with E-state index in [1.165, 1.54) is 31.4 Å². The minimum Gasteiger partial charge on any atom is -0.496 e. The van der Waals surface area contributed by atoms with E-state index in [0.29, 0.717) is 16.9 Å². The van der Waals surface area contributed by atoms with Crippen LogP contribution in [0.4, 0.5) is 13.2 Å². The third kappa shape index (κ3) is 4.39. The molecule has 0 radical (unpaired) electrons. The van der Waals surface area contributed by atoms with Crippen LogP contribution in [0.25, 0.3) is 23.0 Å². The highest BCUT2D eigenvalue weighted by Gasteiger charge is 2.35. The average Bonchev–Trinajstić information content (AvgIpc) is 3.13. The molecule has 0 saturated heterocycles. The summed E-state index contributed by atoms with van der Waals surface area (Å²) in [5, 5.41) is 8.78. The average molecular weight is 437 g/mol. The molecule has 0 saturated carbocycles. The minimum atomic E-state index is -4.65. The molecular weight excluding hydrogens is 419 g/mol. The Balaban J connectivity index is 2.20. The van der Waals surface area contributed by atoms with Gasteiger partial charge in [0.1, 0.15) is 5.75 Å². The predicted octanol–water partition coefficient (Wildman–Crippen LogP) is 4.25. The molecule has 30 heavy (non-hydrogen) atoms. The number of rotatable bonds is 5. The number of alkyl halides is 3. The highest BCUT2D eigenvalue weighted by Crippen LogP contribution is 2.35. The van der Waals surface area contributed by atoms with Crippen LogP contribution < -0.4 is 9.88 Å². The van der Waals surface area contributed by atoms with Gasteiger partial charge < -0.3 is 4.74 Å². The highest BCUT2D eigenvalue weighted by atomic mass is 32.2.